The fourth-order valence-corrected chi connectivity index (χ4v) is 1.30. The number of carbonyl (C=O) groups is 1. The fraction of sp³-hybridized carbons (Fsp3) is 0.417. The molecule has 0 aliphatic carbocycles. The van der Waals surface area contributed by atoms with Crippen LogP contribution in [0.15, 0.2) is 24.3 Å². The molecule has 104 valence electrons. The second-order valence-corrected chi connectivity index (χ2v) is 3.98. The Hall–Kier alpha value is -0.810. The van der Waals surface area contributed by atoms with Gasteiger partial charge in [-0.25, -0.2) is 4.79 Å². The maximum atomic E-state index is 10.6. The summed E-state index contributed by atoms with van der Waals surface area (Å²) in [4.78, 5) is 12.7. The van der Waals surface area contributed by atoms with Crippen molar-refractivity contribution in [1.82, 2.24) is 10.2 Å². The summed E-state index contributed by atoms with van der Waals surface area (Å²) in [7, 11) is 4.06. The second kappa shape index (κ2) is 10.1. The van der Waals surface area contributed by atoms with Crippen LogP contribution in [-0.4, -0.2) is 43.2 Å². The van der Waals surface area contributed by atoms with Crippen molar-refractivity contribution >= 4 is 30.8 Å². The molecule has 2 N–H and O–H groups in total. The molecule has 0 atom stereocenters. The normalized spacial score (nSPS) is 9.50. The zero-order valence-electron chi connectivity index (χ0n) is 10.5. The van der Waals surface area contributed by atoms with E-state index in [4.69, 9.17) is 5.11 Å². The summed E-state index contributed by atoms with van der Waals surface area (Å²) in [5.74, 6) is -0.882. The summed E-state index contributed by atoms with van der Waals surface area (Å²) in [6.07, 6.45) is 0. The van der Waals surface area contributed by atoms with E-state index in [2.05, 4.69) is 10.2 Å². The molecule has 6 heteroatoms. The van der Waals surface area contributed by atoms with Crippen molar-refractivity contribution in [1.29, 1.82) is 0 Å². The standard InChI is InChI=1S/C12H18N2O2.2ClH/c1-14(2)8-7-13-9-10-3-5-11(6-4-10)12(15)16;;/h3-6,13H,7-9H2,1-2H3,(H,15,16);2*1H. The van der Waals surface area contributed by atoms with Gasteiger partial charge in [-0.3, -0.25) is 0 Å². The smallest absolute Gasteiger partial charge is 0.335 e. The number of aromatic carboxylic acids is 1. The van der Waals surface area contributed by atoms with E-state index in [-0.39, 0.29) is 24.8 Å². The highest BCUT2D eigenvalue weighted by Gasteiger charge is 2.01. The van der Waals surface area contributed by atoms with Gasteiger partial charge in [0.2, 0.25) is 0 Å². The number of carboxylic acid groups (broad SMARTS) is 1. The van der Waals surface area contributed by atoms with Crippen molar-refractivity contribution in [2.45, 2.75) is 6.54 Å². The van der Waals surface area contributed by atoms with E-state index in [0.29, 0.717) is 5.56 Å². The van der Waals surface area contributed by atoms with Gasteiger partial charge in [0.15, 0.2) is 0 Å². The van der Waals surface area contributed by atoms with Crippen LogP contribution in [0.25, 0.3) is 0 Å². The zero-order valence-corrected chi connectivity index (χ0v) is 12.2. The highest BCUT2D eigenvalue weighted by molar-refractivity contribution is 5.87. The van der Waals surface area contributed by atoms with Crippen LogP contribution in [0.1, 0.15) is 15.9 Å². The number of benzene rings is 1. The molecule has 0 amide bonds. The molecule has 1 rings (SSSR count). The Labute approximate surface area is 120 Å². The minimum atomic E-state index is -0.882. The lowest BCUT2D eigenvalue weighted by molar-refractivity contribution is 0.0697. The third-order valence-corrected chi connectivity index (χ3v) is 2.27. The molecule has 0 spiro atoms. The molecule has 1 aromatic rings. The van der Waals surface area contributed by atoms with Crippen LogP contribution < -0.4 is 5.32 Å². The SMILES string of the molecule is CN(C)CCNCc1ccc(C(=O)O)cc1.Cl.Cl. The Morgan fingerprint density at radius 2 is 1.78 bits per heavy atom. The average Bonchev–Trinajstić information content (AvgIpc) is 2.25. The molecule has 0 saturated carbocycles. The monoisotopic (exact) mass is 294 g/mol. The summed E-state index contributed by atoms with van der Waals surface area (Å²) in [6.45, 7) is 2.69. The molecule has 18 heavy (non-hydrogen) atoms. The summed E-state index contributed by atoms with van der Waals surface area (Å²) in [6, 6.07) is 6.94. The first-order valence-corrected chi connectivity index (χ1v) is 5.27. The number of hydrogen-bond acceptors (Lipinski definition) is 3. The van der Waals surface area contributed by atoms with Crippen molar-refractivity contribution in [3.05, 3.63) is 35.4 Å². The van der Waals surface area contributed by atoms with E-state index in [0.717, 1.165) is 25.2 Å². The number of halogens is 2. The molecule has 0 aliphatic rings. The van der Waals surface area contributed by atoms with Crippen molar-refractivity contribution in [2.75, 3.05) is 27.2 Å². The largest absolute Gasteiger partial charge is 0.478 e. The van der Waals surface area contributed by atoms with E-state index >= 15 is 0 Å². The van der Waals surface area contributed by atoms with Gasteiger partial charge < -0.3 is 15.3 Å². The maximum absolute atomic E-state index is 10.6. The van der Waals surface area contributed by atoms with Crippen LogP contribution in [0.3, 0.4) is 0 Å². The lowest BCUT2D eigenvalue weighted by Gasteiger charge is -2.10. The van der Waals surface area contributed by atoms with Gasteiger partial charge in [0, 0.05) is 19.6 Å². The quantitative estimate of drug-likeness (QED) is 0.787. The van der Waals surface area contributed by atoms with Crippen LogP contribution in [0.2, 0.25) is 0 Å². The van der Waals surface area contributed by atoms with Crippen LogP contribution in [0.4, 0.5) is 0 Å². The van der Waals surface area contributed by atoms with Crippen LogP contribution in [-0.2, 0) is 6.54 Å². The molecule has 1 aromatic carbocycles. The van der Waals surface area contributed by atoms with Crippen LogP contribution in [0.5, 0.6) is 0 Å². The minimum absolute atomic E-state index is 0. The van der Waals surface area contributed by atoms with Crippen molar-refractivity contribution in [2.24, 2.45) is 0 Å². The Bertz CT molecular complexity index is 342. The number of rotatable bonds is 6. The van der Waals surface area contributed by atoms with Gasteiger partial charge in [-0.05, 0) is 31.8 Å². The topological polar surface area (TPSA) is 52.6 Å². The number of hydrogen-bond donors (Lipinski definition) is 2. The van der Waals surface area contributed by atoms with E-state index < -0.39 is 5.97 Å². The average molecular weight is 295 g/mol. The Balaban J connectivity index is 0. The van der Waals surface area contributed by atoms with E-state index in [9.17, 15) is 4.79 Å². The van der Waals surface area contributed by atoms with Gasteiger partial charge in [0.1, 0.15) is 0 Å². The van der Waals surface area contributed by atoms with Gasteiger partial charge in [-0.1, -0.05) is 12.1 Å². The van der Waals surface area contributed by atoms with Crippen LogP contribution >= 0.6 is 24.8 Å². The molecule has 0 aliphatic heterocycles. The lowest BCUT2D eigenvalue weighted by atomic mass is 10.1. The zero-order chi connectivity index (χ0) is 12.0. The molecule has 0 radical (unpaired) electrons. The fourth-order valence-electron chi connectivity index (χ4n) is 1.30. The number of nitrogens with one attached hydrogen (secondary N) is 1. The maximum Gasteiger partial charge on any atom is 0.335 e. The van der Waals surface area contributed by atoms with E-state index in [1.165, 1.54) is 0 Å². The van der Waals surface area contributed by atoms with Gasteiger partial charge in [0.05, 0.1) is 5.56 Å². The number of nitrogens with zero attached hydrogens (tertiary/aromatic N) is 1. The molecule has 0 heterocycles. The Morgan fingerprint density at radius 1 is 1.22 bits per heavy atom. The summed E-state index contributed by atoms with van der Waals surface area (Å²) in [5, 5.41) is 12.0. The van der Waals surface area contributed by atoms with Gasteiger partial charge in [-0.2, -0.15) is 0 Å². The predicted octanol–water partition coefficient (Wildman–Crippen LogP) is 1.88. The molecule has 0 fully saturated rings. The Morgan fingerprint density at radius 3 is 2.22 bits per heavy atom. The van der Waals surface area contributed by atoms with Gasteiger partial charge >= 0.3 is 5.97 Å². The van der Waals surface area contributed by atoms with Crippen molar-refractivity contribution < 1.29 is 9.90 Å². The minimum Gasteiger partial charge on any atom is -0.478 e. The predicted molar refractivity (Wildman–Crippen MR) is 78.2 cm³/mol. The van der Waals surface area contributed by atoms with Crippen molar-refractivity contribution in [3.63, 3.8) is 0 Å². The second-order valence-electron chi connectivity index (χ2n) is 3.98. The molecule has 0 bridgehead atoms. The lowest BCUT2D eigenvalue weighted by Crippen LogP contribution is -2.26. The highest BCUT2D eigenvalue weighted by Crippen LogP contribution is 2.03. The number of likely N-dealkylation sites (N-methyl/N-ethyl adjacent to an activating group) is 1. The molecular formula is C12H20Cl2N2O2. The summed E-state index contributed by atoms with van der Waals surface area (Å²) >= 11 is 0. The molecule has 4 nitrogen and oxygen atoms in total. The third-order valence-electron chi connectivity index (χ3n) is 2.27. The number of carboxylic acids is 1. The highest BCUT2D eigenvalue weighted by atomic mass is 35.5. The molecular weight excluding hydrogens is 275 g/mol. The van der Waals surface area contributed by atoms with Crippen molar-refractivity contribution in [3.8, 4) is 0 Å². The van der Waals surface area contributed by atoms with Gasteiger partial charge in [0.25, 0.3) is 0 Å². The first-order chi connectivity index (χ1) is 7.59. The molecule has 0 saturated heterocycles. The molecule has 0 aromatic heterocycles. The summed E-state index contributed by atoms with van der Waals surface area (Å²) < 4.78 is 0. The first-order valence-electron chi connectivity index (χ1n) is 5.27. The Kier molecular flexibility index (Phi) is 11.0. The first kappa shape index (κ1) is 19.5. The summed E-state index contributed by atoms with van der Waals surface area (Å²) in [5.41, 5.74) is 1.43. The third kappa shape index (κ3) is 7.50. The van der Waals surface area contributed by atoms with E-state index in [1.807, 2.05) is 26.2 Å². The van der Waals surface area contributed by atoms with Crippen LogP contribution in [0, 0.1) is 0 Å². The van der Waals surface area contributed by atoms with E-state index in [1.54, 1.807) is 12.1 Å². The molecule has 0 unspecified atom stereocenters. The van der Waals surface area contributed by atoms with Gasteiger partial charge in [-0.15, -0.1) is 24.8 Å².